The van der Waals surface area contributed by atoms with E-state index in [-0.39, 0.29) is 18.7 Å². The highest BCUT2D eigenvalue weighted by molar-refractivity contribution is 7.61. The number of aliphatic hydroxyl groups excluding tert-OH is 2. The van der Waals surface area contributed by atoms with Gasteiger partial charge in [-0.05, 0) is 63.4 Å². The van der Waals surface area contributed by atoms with Crippen molar-refractivity contribution < 1.29 is 71.0 Å². The van der Waals surface area contributed by atoms with Crippen LogP contribution in [0.5, 0.6) is 0 Å². The van der Waals surface area contributed by atoms with E-state index in [1.807, 2.05) is 18.2 Å². The maximum atomic E-state index is 12.9. The first-order chi connectivity index (χ1) is 36.0. The number of hydrogen-bond donors (Lipinski definition) is 5. The van der Waals surface area contributed by atoms with Crippen LogP contribution in [0.2, 0.25) is 0 Å². The molecule has 4 unspecified atom stereocenters. The zero-order valence-electron chi connectivity index (χ0n) is 44.7. The molecule has 0 amide bonds. The van der Waals surface area contributed by atoms with Crippen molar-refractivity contribution in [1.82, 2.24) is 9.55 Å². The van der Waals surface area contributed by atoms with Gasteiger partial charge in [-0.1, -0.05) is 171 Å². The number of carbonyl (C=O) groups excluding carboxylic acids is 2. The van der Waals surface area contributed by atoms with Gasteiger partial charge in [0, 0.05) is 19.0 Å². The molecule has 0 saturated carbocycles. The van der Waals surface area contributed by atoms with Crippen molar-refractivity contribution in [3.8, 4) is 0 Å². The number of nitrogens with zero attached hydrogens (tertiary/aromatic N) is 2. The molecule has 2 fully saturated rings. The first-order valence-electron chi connectivity index (χ1n) is 27.3. The van der Waals surface area contributed by atoms with Crippen LogP contribution in [-0.2, 0) is 51.0 Å². The number of unbranched alkanes of at least 4 members (excludes halogenated alkanes) is 13. The van der Waals surface area contributed by atoms with E-state index in [0.29, 0.717) is 31.5 Å². The number of phosphoric acid groups is 2. The van der Waals surface area contributed by atoms with Crippen molar-refractivity contribution >= 4 is 33.4 Å². The normalized spacial score (nSPS) is 22.0. The lowest BCUT2D eigenvalue weighted by Gasteiger charge is -2.21. The third kappa shape index (κ3) is 30.8. The van der Waals surface area contributed by atoms with E-state index in [9.17, 15) is 43.5 Å². The van der Waals surface area contributed by atoms with Crippen LogP contribution in [0.3, 0.4) is 0 Å². The molecule has 3 rings (SSSR count). The van der Waals surface area contributed by atoms with Crippen LogP contribution in [0.15, 0.2) is 77.8 Å². The summed E-state index contributed by atoms with van der Waals surface area (Å²) in [5.74, 6) is -0.612. The SMILES string of the molecule is CC/C=C\CC1OC1C/C=C\C/C=C\C/C=C\C/C=C\CCC(=O)OC[C@H](COP(=O)(O)OP(=O)(O)OC[C@H]1O[C@@H](n2ccc(N)nc2=O)[C@H](O)[C@@H]1O)OC(=O)CCCCCCCCCCCCCCCCC(C)C. The molecule has 0 aromatic carbocycles. The number of aromatic nitrogens is 2. The van der Waals surface area contributed by atoms with Crippen LogP contribution in [0.1, 0.15) is 181 Å². The summed E-state index contributed by atoms with van der Waals surface area (Å²) >= 11 is 0. The minimum atomic E-state index is -5.44. The van der Waals surface area contributed by atoms with Crippen molar-refractivity contribution in [2.45, 2.75) is 218 Å². The topological polar surface area (TPSA) is 278 Å². The van der Waals surface area contributed by atoms with Crippen molar-refractivity contribution in [3.05, 3.63) is 83.5 Å². The molecule has 426 valence electrons. The molecular formula is C54H89N3O16P2. The molecule has 0 spiro atoms. The number of nitrogen functional groups attached to an aromatic ring is 1. The number of epoxide rings is 1. The Bertz CT molecular complexity index is 2080. The average Bonchev–Trinajstić information content (AvgIpc) is 4.05. The number of phosphoric ester groups is 2. The lowest BCUT2D eigenvalue weighted by Crippen LogP contribution is -2.36. The Kier molecular flexibility index (Phi) is 33.3. The van der Waals surface area contributed by atoms with E-state index in [1.54, 1.807) is 0 Å². The van der Waals surface area contributed by atoms with E-state index in [0.717, 1.165) is 74.5 Å². The third-order valence-electron chi connectivity index (χ3n) is 12.5. The molecule has 2 aliphatic heterocycles. The van der Waals surface area contributed by atoms with Gasteiger partial charge in [-0.25, -0.2) is 13.9 Å². The summed E-state index contributed by atoms with van der Waals surface area (Å²) in [6.07, 6.45) is 37.8. The van der Waals surface area contributed by atoms with Gasteiger partial charge in [0.1, 0.15) is 30.7 Å². The molecule has 19 nitrogen and oxygen atoms in total. The molecular weight excluding hydrogens is 1010 g/mol. The first-order valence-corrected chi connectivity index (χ1v) is 30.3. The third-order valence-corrected chi connectivity index (χ3v) is 15.1. The fourth-order valence-electron chi connectivity index (χ4n) is 8.15. The molecule has 0 radical (unpaired) electrons. The lowest BCUT2D eigenvalue weighted by atomic mass is 10.0. The Morgan fingerprint density at radius 2 is 1.23 bits per heavy atom. The van der Waals surface area contributed by atoms with Gasteiger partial charge in [-0.15, -0.1) is 0 Å². The van der Waals surface area contributed by atoms with Crippen molar-refractivity contribution in [2.24, 2.45) is 5.92 Å². The maximum absolute atomic E-state index is 12.9. The number of rotatable bonds is 43. The number of carbonyl (C=O) groups is 2. The maximum Gasteiger partial charge on any atom is 0.481 e. The molecule has 75 heavy (non-hydrogen) atoms. The average molecular weight is 1100 g/mol. The zero-order chi connectivity index (χ0) is 54.7. The number of allylic oxidation sites excluding steroid dienone is 8. The second-order valence-corrected chi connectivity index (χ2v) is 22.6. The van der Waals surface area contributed by atoms with E-state index in [1.165, 1.54) is 70.3 Å². The number of nitrogens with two attached hydrogens (primary N) is 1. The molecule has 9 atom stereocenters. The second kappa shape index (κ2) is 38.1. The lowest BCUT2D eigenvalue weighted by molar-refractivity contribution is -0.161. The highest BCUT2D eigenvalue weighted by atomic mass is 31.3. The van der Waals surface area contributed by atoms with Crippen LogP contribution < -0.4 is 11.4 Å². The Balaban J connectivity index is 1.39. The number of esters is 2. The highest BCUT2D eigenvalue weighted by Gasteiger charge is 2.46. The predicted molar refractivity (Wildman–Crippen MR) is 288 cm³/mol. The van der Waals surface area contributed by atoms with E-state index >= 15 is 0 Å². The fraction of sp³-hybridized carbons (Fsp3) is 0.704. The summed E-state index contributed by atoms with van der Waals surface area (Å²) in [4.78, 5) is 62.0. The van der Waals surface area contributed by atoms with Gasteiger partial charge in [0.15, 0.2) is 12.3 Å². The second-order valence-electron chi connectivity index (χ2n) is 19.6. The Morgan fingerprint density at radius 1 is 0.693 bits per heavy atom. The molecule has 1 aromatic rings. The molecule has 3 heterocycles. The minimum absolute atomic E-state index is 0.00245. The monoisotopic (exact) mass is 1100 g/mol. The van der Waals surface area contributed by atoms with Crippen molar-refractivity contribution in [3.63, 3.8) is 0 Å². The van der Waals surface area contributed by atoms with Crippen LogP contribution in [0.4, 0.5) is 5.82 Å². The molecule has 0 aliphatic carbocycles. The summed E-state index contributed by atoms with van der Waals surface area (Å²) in [5.41, 5.74) is 4.59. The summed E-state index contributed by atoms with van der Waals surface area (Å²) in [6, 6.07) is 1.24. The summed E-state index contributed by atoms with van der Waals surface area (Å²) in [6.45, 7) is 4.30. The Hall–Kier alpha value is -3.58. The quantitative estimate of drug-likeness (QED) is 0.0134. The number of anilines is 1. The smallest absolute Gasteiger partial charge is 0.462 e. The van der Waals surface area contributed by atoms with Gasteiger partial charge >= 0.3 is 33.3 Å². The summed E-state index contributed by atoms with van der Waals surface area (Å²) < 4.78 is 62.5. The predicted octanol–water partition coefficient (Wildman–Crippen LogP) is 10.7. The van der Waals surface area contributed by atoms with E-state index in [4.69, 9.17) is 33.7 Å². The molecule has 1 aromatic heterocycles. The Labute approximate surface area is 445 Å². The number of aliphatic hydroxyl groups is 2. The first kappa shape index (κ1) is 65.7. The summed E-state index contributed by atoms with van der Waals surface area (Å²) in [7, 11) is -10.9. The number of ether oxygens (including phenoxy) is 4. The fourth-order valence-corrected chi connectivity index (χ4v) is 10.3. The van der Waals surface area contributed by atoms with E-state index in [2.05, 4.69) is 72.6 Å². The van der Waals surface area contributed by atoms with Gasteiger partial charge < -0.3 is 44.7 Å². The Morgan fingerprint density at radius 3 is 1.80 bits per heavy atom. The van der Waals surface area contributed by atoms with Crippen LogP contribution >= 0.6 is 15.6 Å². The van der Waals surface area contributed by atoms with Crippen molar-refractivity contribution in [2.75, 3.05) is 25.6 Å². The van der Waals surface area contributed by atoms with Crippen LogP contribution in [-0.4, -0.2) is 97.9 Å². The van der Waals surface area contributed by atoms with Gasteiger partial charge in [-0.2, -0.15) is 9.29 Å². The molecule has 2 aliphatic rings. The highest BCUT2D eigenvalue weighted by Crippen LogP contribution is 2.60. The summed E-state index contributed by atoms with van der Waals surface area (Å²) in [5, 5.41) is 20.9. The van der Waals surface area contributed by atoms with E-state index < -0.39 is 83.7 Å². The zero-order valence-corrected chi connectivity index (χ0v) is 46.5. The standard InChI is InChI=1S/C54H89N3O16P2/c1-4-5-28-34-45-46(71-45)35-30-25-21-17-13-10-11-14-18-22-26-31-36-49(58)67-40-44(70-50(59)37-32-27-23-19-15-9-7-6-8-12-16-20-24-29-33-43(2)3)41-68-74(63,64)73-75(65,66)69-42-47-51(60)52(61)53(72-47)57-39-38-48(55)56-54(57)62/h5,11,13-14,17,22,25-26,28,30,38-39,43-47,51-53,60-61H,4,6-10,12,15-16,18-21,23-24,27,29,31-37,40-42H2,1-3H3,(H,63,64)(H,65,66)(H2,55,56,62)/b14-11-,17-13-,26-22-,28-5-,30-25-/t44-,45?,46?,47-,51-,52-,53-/m1/s1. The van der Waals surface area contributed by atoms with Gasteiger partial charge in [-0.3, -0.25) is 23.2 Å². The molecule has 6 N–H and O–H groups in total. The molecule has 2 saturated heterocycles. The minimum Gasteiger partial charge on any atom is -0.462 e. The van der Waals surface area contributed by atoms with Gasteiger partial charge in [0.05, 0.1) is 25.4 Å². The van der Waals surface area contributed by atoms with Crippen LogP contribution in [0, 0.1) is 5.92 Å². The van der Waals surface area contributed by atoms with Gasteiger partial charge in [0.2, 0.25) is 0 Å². The van der Waals surface area contributed by atoms with Crippen molar-refractivity contribution in [1.29, 1.82) is 0 Å². The largest absolute Gasteiger partial charge is 0.481 e. The molecule has 21 heteroatoms. The van der Waals surface area contributed by atoms with Gasteiger partial charge in [0.25, 0.3) is 0 Å². The molecule has 0 bridgehead atoms. The van der Waals surface area contributed by atoms with Crippen LogP contribution in [0.25, 0.3) is 0 Å². The number of hydrogen-bond acceptors (Lipinski definition) is 16.